The first-order chi connectivity index (χ1) is 10.2. The zero-order valence-corrected chi connectivity index (χ0v) is 11.7. The van der Waals surface area contributed by atoms with Crippen LogP contribution in [0, 0.1) is 6.92 Å². The molecule has 0 atom stereocenters. The molecule has 0 spiro atoms. The topological polar surface area (TPSA) is 66.8 Å². The number of benzene rings is 1. The number of nitrogens with zero attached hydrogens (tertiary/aromatic N) is 4. The molecule has 3 heterocycles. The summed E-state index contributed by atoms with van der Waals surface area (Å²) in [6, 6.07) is 10.1. The molecule has 1 saturated heterocycles. The van der Waals surface area contributed by atoms with E-state index in [1.807, 2.05) is 46.7 Å². The minimum Gasteiger partial charge on any atom is -0.351 e. The maximum atomic E-state index is 12.5. The van der Waals surface area contributed by atoms with Gasteiger partial charge in [0.25, 0.3) is 5.91 Å². The first-order valence-corrected chi connectivity index (χ1v) is 6.95. The lowest BCUT2D eigenvalue weighted by Crippen LogP contribution is -2.50. The van der Waals surface area contributed by atoms with E-state index in [2.05, 4.69) is 15.2 Å². The highest BCUT2D eigenvalue weighted by Crippen LogP contribution is 2.24. The molecule has 4 rings (SSSR count). The minimum absolute atomic E-state index is 0.0492. The van der Waals surface area contributed by atoms with Crippen LogP contribution in [0.3, 0.4) is 0 Å². The van der Waals surface area contributed by atoms with Gasteiger partial charge in [0, 0.05) is 24.0 Å². The average molecular weight is 281 g/mol. The molecule has 0 saturated carbocycles. The summed E-state index contributed by atoms with van der Waals surface area (Å²) < 4.78 is 2.02. The number of nitrogens with one attached hydrogen (secondary N) is 1. The highest BCUT2D eigenvalue weighted by atomic mass is 16.2. The molecule has 0 bridgehead atoms. The van der Waals surface area contributed by atoms with E-state index in [-0.39, 0.29) is 11.9 Å². The van der Waals surface area contributed by atoms with Crippen molar-refractivity contribution >= 4 is 16.8 Å². The molecule has 2 aromatic heterocycles. The first kappa shape index (κ1) is 12.1. The van der Waals surface area contributed by atoms with Gasteiger partial charge < -0.3 is 14.5 Å². The third-order valence-corrected chi connectivity index (χ3v) is 4.06. The van der Waals surface area contributed by atoms with Crippen LogP contribution in [0.25, 0.3) is 10.9 Å². The predicted octanol–water partition coefficient (Wildman–Crippen LogP) is 1.76. The Hall–Kier alpha value is -2.63. The Morgan fingerprint density at radius 2 is 2.14 bits per heavy atom. The lowest BCUT2D eigenvalue weighted by Gasteiger charge is -2.39. The van der Waals surface area contributed by atoms with Crippen LogP contribution < -0.4 is 0 Å². The number of aromatic nitrogens is 4. The minimum atomic E-state index is 0.0492. The van der Waals surface area contributed by atoms with Crippen molar-refractivity contribution in [3.63, 3.8) is 0 Å². The summed E-state index contributed by atoms with van der Waals surface area (Å²) in [5, 5.41) is 8.93. The maximum absolute atomic E-state index is 12.5. The van der Waals surface area contributed by atoms with Gasteiger partial charge in [-0.1, -0.05) is 18.2 Å². The molecule has 6 nitrogen and oxygen atoms in total. The summed E-state index contributed by atoms with van der Waals surface area (Å²) in [7, 11) is 0. The Bertz CT molecular complexity index is 779. The lowest BCUT2D eigenvalue weighted by atomic mass is 10.1. The van der Waals surface area contributed by atoms with Crippen molar-refractivity contribution in [3.8, 4) is 0 Å². The van der Waals surface area contributed by atoms with Gasteiger partial charge in [0.15, 0.2) is 0 Å². The number of rotatable bonds is 2. The Balaban J connectivity index is 1.51. The van der Waals surface area contributed by atoms with Gasteiger partial charge >= 0.3 is 0 Å². The number of likely N-dealkylation sites (tertiary alicyclic amines) is 1. The summed E-state index contributed by atoms with van der Waals surface area (Å²) in [4.78, 5) is 17.5. The Labute approximate surface area is 121 Å². The van der Waals surface area contributed by atoms with Gasteiger partial charge in [0.2, 0.25) is 0 Å². The van der Waals surface area contributed by atoms with Gasteiger partial charge in [0.05, 0.1) is 6.04 Å². The highest BCUT2D eigenvalue weighted by molar-refractivity contribution is 5.98. The van der Waals surface area contributed by atoms with Crippen molar-refractivity contribution in [1.29, 1.82) is 0 Å². The summed E-state index contributed by atoms with van der Waals surface area (Å²) in [6.45, 7) is 3.33. The molecule has 1 amide bonds. The highest BCUT2D eigenvalue weighted by Gasteiger charge is 2.33. The van der Waals surface area contributed by atoms with Crippen molar-refractivity contribution < 1.29 is 4.79 Å². The van der Waals surface area contributed by atoms with Crippen LogP contribution in [0.4, 0.5) is 0 Å². The van der Waals surface area contributed by atoms with E-state index in [9.17, 15) is 4.79 Å². The van der Waals surface area contributed by atoms with Crippen LogP contribution >= 0.6 is 0 Å². The Morgan fingerprint density at radius 1 is 1.33 bits per heavy atom. The van der Waals surface area contributed by atoms with Crippen molar-refractivity contribution in [2.75, 3.05) is 13.1 Å². The van der Waals surface area contributed by atoms with Crippen LogP contribution in [0.15, 0.2) is 36.7 Å². The molecule has 1 aliphatic heterocycles. The molecular formula is C15H15N5O. The van der Waals surface area contributed by atoms with E-state index in [1.54, 1.807) is 6.33 Å². The van der Waals surface area contributed by atoms with E-state index in [1.165, 1.54) is 0 Å². The molecule has 0 radical (unpaired) electrons. The number of hydrogen-bond acceptors (Lipinski definition) is 3. The number of aryl methyl sites for hydroxylation is 1. The lowest BCUT2D eigenvalue weighted by molar-refractivity contribution is 0.0512. The van der Waals surface area contributed by atoms with Gasteiger partial charge in [-0.3, -0.25) is 4.79 Å². The second kappa shape index (κ2) is 4.44. The predicted molar refractivity (Wildman–Crippen MR) is 78.0 cm³/mol. The largest absolute Gasteiger partial charge is 0.351 e. The summed E-state index contributed by atoms with van der Waals surface area (Å²) in [6.07, 6.45) is 1.73. The van der Waals surface area contributed by atoms with Gasteiger partial charge in [-0.2, -0.15) is 0 Å². The molecular weight excluding hydrogens is 266 g/mol. The van der Waals surface area contributed by atoms with Crippen molar-refractivity contribution in [2.24, 2.45) is 0 Å². The molecule has 21 heavy (non-hydrogen) atoms. The number of hydrogen-bond donors (Lipinski definition) is 1. The molecule has 3 aromatic rings. The third-order valence-electron chi connectivity index (χ3n) is 4.06. The van der Waals surface area contributed by atoms with E-state index in [0.29, 0.717) is 18.8 Å². The number of carbonyl (C=O) groups is 1. The molecule has 1 fully saturated rings. The van der Waals surface area contributed by atoms with Crippen molar-refractivity contribution in [3.05, 3.63) is 48.2 Å². The molecule has 1 aliphatic rings. The standard InChI is InChI=1S/C15H15N5O/c1-10-18-16-9-20(10)12-7-19(8-12)15(21)14-6-11-4-2-3-5-13(11)17-14/h2-6,9,12,17H,7-8H2,1H3. The van der Waals surface area contributed by atoms with Crippen LogP contribution in [-0.2, 0) is 0 Å². The van der Waals surface area contributed by atoms with E-state index in [4.69, 9.17) is 0 Å². The molecule has 106 valence electrons. The van der Waals surface area contributed by atoms with Crippen LogP contribution in [0.5, 0.6) is 0 Å². The third kappa shape index (κ3) is 1.91. The number of carbonyl (C=O) groups excluding carboxylic acids is 1. The smallest absolute Gasteiger partial charge is 0.270 e. The van der Waals surface area contributed by atoms with Crippen molar-refractivity contribution in [2.45, 2.75) is 13.0 Å². The second-order valence-corrected chi connectivity index (χ2v) is 5.42. The Kier molecular flexibility index (Phi) is 2.57. The molecule has 6 heteroatoms. The van der Waals surface area contributed by atoms with Crippen LogP contribution in [0.1, 0.15) is 22.4 Å². The van der Waals surface area contributed by atoms with Gasteiger partial charge in [-0.25, -0.2) is 0 Å². The molecule has 0 aliphatic carbocycles. The summed E-state index contributed by atoms with van der Waals surface area (Å²) in [5.74, 6) is 0.936. The monoisotopic (exact) mass is 281 g/mol. The first-order valence-electron chi connectivity index (χ1n) is 6.95. The summed E-state index contributed by atoms with van der Waals surface area (Å²) >= 11 is 0. The normalized spacial score (nSPS) is 15.4. The number of fused-ring (bicyclic) bond motifs is 1. The van der Waals surface area contributed by atoms with E-state index < -0.39 is 0 Å². The Morgan fingerprint density at radius 3 is 2.86 bits per heavy atom. The zero-order chi connectivity index (χ0) is 14.4. The summed E-state index contributed by atoms with van der Waals surface area (Å²) in [5.41, 5.74) is 1.64. The average Bonchev–Trinajstić information content (AvgIpc) is 3.03. The van der Waals surface area contributed by atoms with E-state index >= 15 is 0 Å². The van der Waals surface area contributed by atoms with Gasteiger partial charge in [-0.05, 0) is 19.1 Å². The van der Waals surface area contributed by atoms with Gasteiger partial charge in [-0.15, -0.1) is 10.2 Å². The number of para-hydroxylation sites is 1. The quantitative estimate of drug-likeness (QED) is 0.778. The number of amides is 1. The van der Waals surface area contributed by atoms with Gasteiger partial charge in [0.1, 0.15) is 17.8 Å². The molecule has 1 N–H and O–H groups in total. The van der Waals surface area contributed by atoms with Crippen LogP contribution in [-0.4, -0.2) is 43.6 Å². The second-order valence-electron chi connectivity index (χ2n) is 5.42. The molecule has 1 aromatic carbocycles. The fourth-order valence-electron chi connectivity index (χ4n) is 2.81. The molecule has 0 unspecified atom stereocenters. The van der Waals surface area contributed by atoms with Crippen molar-refractivity contribution in [1.82, 2.24) is 24.6 Å². The van der Waals surface area contributed by atoms with Crippen LogP contribution in [0.2, 0.25) is 0 Å². The zero-order valence-electron chi connectivity index (χ0n) is 11.7. The number of H-pyrrole nitrogens is 1. The fraction of sp³-hybridized carbons (Fsp3) is 0.267. The van der Waals surface area contributed by atoms with E-state index in [0.717, 1.165) is 16.7 Å². The fourth-order valence-corrected chi connectivity index (χ4v) is 2.81. The maximum Gasteiger partial charge on any atom is 0.270 e. The number of aromatic amines is 1. The SMILES string of the molecule is Cc1nncn1C1CN(C(=O)c2cc3ccccc3[nH]2)C1.